The van der Waals surface area contributed by atoms with Crippen LogP contribution in [0.2, 0.25) is 0 Å². The topological polar surface area (TPSA) is 15.8 Å². The van der Waals surface area contributed by atoms with Crippen LogP contribution in [0.4, 0.5) is 0 Å². The molecule has 0 saturated carbocycles. The molecular formula is C8H5N. The number of nitrogens with one attached hydrogen (secondary N) is 1. The minimum absolute atomic E-state index is 1.12. The van der Waals surface area contributed by atoms with Crippen molar-refractivity contribution in [2.45, 2.75) is 0 Å². The molecule has 0 unspecified atom stereocenters. The molecule has 1 aromatic carbocycles. The maximum absolute atomic E-state index is 3.07. The summed E-state index contributed by atoms with van der Waals surface area (Å²) in [6.07, 6.45) is 1.91. The van der Waals surface area contributed by atoms with Crippen LogP contribution in [0.1, 0.15) is 0 Å². The van der Waals surface area contributed by atoms with E-state index in [1.54, 1.807) is 0 Å². The van der Waals surface area contributed by atoms with Gasteiger partial charge in [-0.1, -0.05) is 12.1 Å². The van der Waals surface area contributed by atoms with Crippen LogP contribution in [-0.2, 0) is 0 Å². The first-order valence-electron chi connectivity index (χ1n) is 2.82. The van der Waals surface area contributed by atoms with Crippen molar-refractivity contribution in [2.24, 2.45) is 0 Å². The fourth-order valence-electron chi connectivity index (χ4n) is 0.878. The van der Waals surface area contributed by atoms with Crippen LogP contribution in [0.3, 0.4) is 0 Å². The fraction of sp³-hybridized carbons (Fsp3) is 0. The Morgan fingerprint density at radius 3 is 3.00 bits per heavy atom. The standard InChI is InChI=1S/C8H5N/c1-2-4-8-7(3-1)5-6-9-8/h3-6,9H. The van der Waals surface area contributed by atoms with E-state index in [1.165, 1.54) is 5.39 Å². The van der Waals surface area contributed by atoms with Crippen LogP contribution >= 0.6 is 0 Å². The molecular weight excluding hydrogens is 110 g/mol. The second-order valence-corrected chi connectivity index (χ2v) is 1.92. The molecule has 0 atom stereocenters. The van der Waals surface area contributed by atoms with E-state index in [9.17, 15) is 0 Å². The molecule has 0 bridgehead atoms. The third-order valence-electron chi connectivity index (χ3n) is 1.34. The van der Waals surface area contributed by atoms with Crippen molar-refractivity contribution in [2.75, 3.05) is 0 Å². The molecule has 0 amide bonds. The molecule has 1 heteroatoms. The van der Waals surface area contributed by atoms with E-state index < -0.39 is 0 Å². The zero-order valence-corrected chi connectivity index (χ0v) is 4.81. The van der Waals surface area contributed by atoms with E-state index in [2.05, 4.69) is 17.1 Å². The molecule has 2 rings (SSSR count). The quantitative estimate of drug-likeness (QED) is 0.538. The summed E-state index contributed by atoms with van der Waals surface area (Å²) in [6, 6.07) is 11.5. The Balaban J connectivity index is 2.95. The van der Waals surface area contributed by atoms with Crippen molar-refractivity contribution >= 4 is 10.9 Å². The van der Waals surface area contributed by atoms with Gasteiger partial charge in [0.15, 0.2) is 0 Å². The van der Waals surface area contributed by atoms with E-state index in [4.69, 9.17) is 0 Å². The SMILES string of the molecule is c1cc2cc[nH]c2cc#1. The molecule has 0 spiro atoms. The largest absolute Gasteiger partial charge is 0.361 e. The molecule has 9 heavy (non-hydrogen) atoms. The molecule has 2 aromatic rings. The van der Waals surface area contributed by atoms with Crippen molar-refractivity contribution in [3.05, 3.63) is 36.5 Å². The highest BCUT2D eigenvalue weighted by Crippen LogP contribution is 2.06. The highest BCUT2D eigenvalue weighted by atomic mass is 14.6. The van der Waals surface area contributed by atoms with Gasteiger partial charge in [0.1, 0.15) is 0 Å². The molecule has 0 saturated heterocycles. The van der Waals surface area contributed by atoms with Crippen molar-refractivity contribution in [1.82, 2.24) is 4.98 Å². The Bertz CT molecular complexity index is 279. The van der Waals surface area contributed by atoms with E-state index in [-0.39, 0.29) is 0 Å². The minimum atomic E-state index is 1.12. The van der Waals surface area contributed by atoms with Gasteiger partial charge in [-0.25, -0.2) is 0 Å². The van der Waals surface area contributed by atoms with Crippen molar-refractivity contribution < 1.29 is 0 Å². The van der Waals surface area contributed by atoms with Crippen molar-refractivity contribution in [1.29, 1.82) is 0 Å². The van der Waals surface area contributed by atoms with Crippen LogP contribution in [0.15, 0.2) is 24.4 Å². The fourth-order valence-corrected chi connectivity index (χ4v) is 0.878. The Kier molecular flexibility index (Phi) is 0.757. The van der Waals surface area contributed by atoms with E-state index >= 15 is 0 Å². The lowest BCUT2D eigenvalue weighted by Crippen LogP contribution is -1.59. The van der Waals surface area contributed by atoms with Gasteiger partial charge in [-0.15, -0.1) is 0 Å². The van der Waals surface area contributed by atoms with Gasteiger partial charge in [0.2, 0.25) is 0 Å². The van der Waals surface area contributed by atoms with Gasteiger partial charge < -0.3 is 4.98 Å². The van der Waals surface area contributed by atoms with Crippen LogP contribution in [0, 0.1) is 12.1 Å². The predicted octanol–water partition coefficient (Wildman–Crippen LogP) is 1.77. The first-order chi connectivity index (χ1) is 4.47. The number of hydrogen-bond acceptors (Lipinski definition) is 0. The summed E-state index contributed by atoms with van der Waals surface area (Å²) >= 11 is 0. The number of hydrogen-bond donors (Lipinski definition) is 1. The first-order valence-corrected chi connectivity index (χ1v) is 2.82. The molecule has 1 N–H and O–H groups in total. The van der Waals surface area contributed by atoms with E-state index in [1.807, 2.05) is 24.4 Å². The second kappa shape index (κ2) is 1.53. The number of H-pyrrole nitrogens is 1. The molecule has 0 aliphatic carbocycles. The van der Waals surface area contributed by atoms with Crippen molar-refractivity contribution in [3.63, 3.8) is 0 Å². The van der Waals surface area contributed by atoms with Gasteiger partial charge >= 0.3 is 0 Å². The Labute approximate surface area is 53.3 Å². The Hall–Kier alpha value is -1.42. The molecule has 42 valence electrons. The average molecular weight is 115 g/mol. The van der Waals surface area contributed by atoms with Crippen LogP contribution in [-0.4, -0.2) is 4.98 Å². The van der Waals surface area contributed by atoms with Gasteiger partial charge in [-0.2, -0.15) is 0 Å². The Morgan fingerprint density at radius 1 is 1.22 bits per heavy atom. The monoisotopic (exact) mass is 115 g/mol. The van der Waals surface area contributed by atoms with Gasteiger partial charge in [0.05, 0.1) is 5.52 Å². The summed E-state index contributed by atoms with van der Waals surface area (Å²) in [5.74, 6) is 0. The average Bonchev–Trinajstić information content (AvgIpc) is 2.33. The predicted molar refractivity (Wildman–Crippen MR) is 36.0 cm³/mol. The molecule has 1 heterocycles. The van der Waals surface area contributed by atoms with Gasteiger partial charge in [0, 0.05) is 17.6 Å². The third-order valence-corrected chi connectivity index (χ3v) is 1.34. The van der Waals surface area contributed by atoms with Gasteiger partial charge in [-0.05, 0) is 12.1 Å². The first kappa shape index (κ1) is 4.46. The zero-order chi connectivity index (χ0) is 6.10. The van der Waals surface area contributed by atoms with Crippen LogP contribution in [0.25, 0.3) is 10.9 Å². The lowest BCUT2D eigenvalue weighted by Gasteiger charge is -1.78. The second-order valence-electron chi connectivity index (χ2n) is 1.92. The number of aromatic nitrogens is 1. The Morgan fingerprint density at radius 2 is 2.11 bits per heavy atom. The lowest BCUT2D eigenvalue weighted by molar-refractivity contribution is 1.48. The summed E-state index contributed by atoms with van der Waals surface area (Å²) in [7, 11) is 0. The lowest BCUT2D eigenvalue weighted by atomic mass is 10.3. The molecule has 0 fully saturated rings. The summed E-state index contributed by atoms with van der Waals surface area (Å²) in [6.45, 7) is 0. The highest BCUT2D eigenvalue weighted by molar-refractivity contribution is 5.77. The van der Waals surface area contributed by atoms with E-state index in [0.29, 0.717) is 0 Å². The summed E-state index contributed by atoms with van der Waals surface area (Å²) < 4.78 is 0. The summed E-state index contributed by atoms with van der Waals surface area (Å²) in [5, 5.41) is 1.19. The van der Waals surface area contributed by atoms with Gasteiger partial charge in [-0.3, -0.25) is 0 Å². The van der Waals surface area contributed by atoms with Crippen molar-refractivity contribution in [3.8, 4) is 0 Å². The van der Waals surface area contributed by atoms with Crippen LogP contribution < -0.4 is 0 Å². The molecule has 0 radical (unpaired) electrons. The number of rotatable bonds is 0. The highest BCUT2D eigenvalue weighted by Gasteiger charge is 1.85. The maximum atomic E-state index is 3.07. The summed E-state index contributed by atoms with van der Waals surface area (Å²) in [5.41, 5.74) is 1.12. The molecule has 0 aliphatic rings. The number of fused-ring (bicyclic) bond motifs is 1. The number of aromatic amines is 1. The van der Waals surface area contributed by atoms with Gasteiger partial charge in [0.25, 0.3) is 0 Å². The third kappa shape index (κ3) is 0.569. The normalized spacial score (nSPS) is 9.33. The molecule has 1 nitrogen and oxygen atoms in total. The molecule has 1 aromatic heterocycles. The zero-order valence-electron chi connectivity index (χ0n) is 4.81. The minimum Gasteiger partial charge on any atom is -0.361 e. The van der Waals surface area contributed by atoms with E-state index in [0.717, 1.165) is 5.52 Å². The summed E-state index contributed by atoms with van der Waals surface area (Å²) in [4.78, 5) is 3.07. The smallest absolute Gasteiger partial charge is 0.0545 e. The maximum Gasteiger partial charge on any atom is 0.0545 e. The van der Waals surface area contributed by atoms with Crippen LogP contribution in [0.5, 0.6) is 0 Å². The molecule has 0 aliphatic heterocycles.